The molecule has 0 aliphatic heterocycles. The number of methoxy groups -OCH3 is 1. The molecule has 26 heavy (non-hydrogen) atoms. The Balaban J connectivity index is 1.75. The van der Waals surface area contributed by atoms with Crippen molar-refractivity contribution >= 4 is 33.8 Å². The summed E-state index contributed by atoms with van der Waals surface area (Å²) >= 11 is 1.32. The molecule has 2 amide bonds. The second kappa shape index (κ2) is 9.56. The normalized spacial score (nSPS) is 11.3. The molecule has 136 valence electrons. The molecule has 0 aliphatic rings. The van der Waals surface area contributed by atoms with Gasteiger partial charge in [-0.1, -0.05) is 6.07 Å². The van der Waals surface area contributed by atoms with E-state index in [-0.39, 0.29) is 24.8 Å². The van der Waals surface area contributed by atoms with Crippen molar-refractivity contribution in [1.29, 1.82) is 5.26 Å². The number of amides is 2. The Morgan fingerprint density at radius 2 is 2.08 bits per heavy atom. The first kappa shape index (κ1) is 19.4. The highest BCUT2D eigenvalue weighted by molar-refractivity contribution is 7.14. The van der Waals surface area contributed by atoms with Crippen molar-refractivity contribution in [3.05, 3.63) is 41.3 Å². The third-order valence-electron chi connectivity index (χ3n) is 3.63. The molecule has 0 radical (unpaired) electrons. The number of nitriles is 1. The molecule has 3 N–H and O–H groups in total. The molecule has 1 aromatic carbocycles. The monoisotopic (exact) mass is 373 g/mol. The number of benzene rings is 1. The average molecular weight is 373 g/mol. The summed E-state index contributed by atoms with van der Waals surface area (Å²) in [6.07, 6.45) is 0.265. The number of quaternary nitrogens is 1. The maximum absolute atomic E-state index is 12.1. The number of nitrogens with zero attached hydrogens (tertiary/aromatic N) is 1. The first-order valence-electron chi connectivity index (χ1n) is 8.04. The van der Waals surface area contributed by atoms with Crippen LogP contribution in [0.15, 0.2) is 35.7 Å². The van der Waals surface area contributed by atoms with Gasteiger partial charge in [-0.3, -0.25) is 9.59 Å². The Morgan fingerprint density at radius 1 is 1.27 bits per heavy atom. The van der Waals surface area contributed by atoms with E-state index in [1.807, 2.05) is 13.1 Å². The molecule has 0 aliphatic carbocycles. The molecule has 0 saturated carbocycles. The number of likely N-dealkylation sites (N-methyl/N-ethyl adjacent to an activating group) is 1. The zero-order valence-electron chi connectivity index (χ0n) is 14.7. The van der Waals surface area contributed by atoms with E-state index in [0.717, 1.165) is 4.90 Å². The maximum Gasteiger partial charge on any atom is 0.279 e. The van der Waals surface area contributed by atoms with Crippen LogP contribution in [0.2, 0.25) is 0 Å². The molecule has 0 bridgehead atoms. The van der Waals surface area contributed by atoms with E-state index < -0.39 is 0 Å². The summed E-state index contributed by atoms with van der Waals surface area (Å²) in [6, 6.07) is 10.8. The lowest BCUT2D eigenvalue weighted by Crippen LogP contribution is -3.10. The van der Waals surface area contributed by atoms with Crippen molar-refractivity contribution in [3.8, 4) is 11.8 Å². The predicted octanol–water partition coefficient (Wildman–Crippen LogP) is 1.11. The molecule has 1 unspecified atom stereocenters. The number of hydrogen-bond donors (Lipinski definition) is 3. The number of nitrogens with one attached hydrogen (secondary N) is 3. The molecule has 0 fully saturated rings. The minimum Gasteiger partial charge on any atom is -0.497 e. The number of carbonyl (C=O) groups excluding carboxylic acids is 2. The number of hydrogen-bond acceptors (Lipinski definition) is 5. The van der Waals surface area contributed by atoms with Gasteiger partial charge in [0.1, 0.15) is 16.8 Å². The first-order chi connectivity index (χ1) is 12.5. The average Bonchev–Trinajstić information content (AvgIpc) is 3.07. The molecule has 1 heterocycles. The van der Waals surface area contributed by atoms with E-state index in [9.17, 15) is 9.59 Å². The Morgan fingerprint density at radius 3 is 2.81 bits per heavy atom. The Kier molecular flexibility index (Phi) is 7.14. The highest BCUT2D eigenvalue weighted by atomic mass is 32.1. The third kappa shape index (κ3) is 5.88. The van der Waals surface area contributed by atoms with Crippen LogP contribution >= 0.6 is 11.3 Å². The number of carbonyl (C=O) groups is 2. The van der Waals surface area contributed by atoms with Crippen LogP contribution in [0.3, 0.4) is 0 Å². The van der Waals surface area contributed by atoms with Crippen molar-refractivity contribution < 1.29 is 19.2 Å². The van der Waals surface area contributed by atoms with Gasteiger partial charge in [-0.2, -0.15) is 5.26 Å². The molecule has 1 atom stereocenters. The summed E-state index contributed by atoms with van der Waals surface area (Å²) in [5.74, 6) is 0.364. The lowest BCUT2D eigenvalue weighted by atomic mass is 10.3. The molecular formula is C18H21N4O3S+. The predicted molar refractivity (Wildman–Crippen MR) is 101 cm³/mol. The zero-order chi connectivity index (χ0) is 18.9. The van der Waals surface area contributed by atoms with Gasteiger partial charge in [-0.05, 0) is 23.6 Å². The van der Waals surface area contributed by atoms with Gasteiger partial charge in [0.2, 0.25) is 5.91 Å². The van der Waals surface area contributed by atoms with E-state index >= 15 is 0 Å². The molecule has 2 rings (SSSR count). The topological polar surface area (TPSA) is 95.7 Å². The number of rotatable bonds is 8. The van der Waals surface area contributed by atoms with Crippen molar-refractivity contribution in [1.82, 2.24) is 0 Å². The second-order valence-corrected chi connectivity index (χ2v) is 6.65. The highest BCUT2D eigenvalue weighted by Gasteiger charge is 2.14. The summed E-state index contributed by atoms with van der Waals surface area (Å²) in [7, 11) is 3.42. The van der Waals surface area contributed by atoms with Crippen LogP contribution in [0, 0.1) is 11.3 Å². The Hall–Kier alpha value is -2.89. The quantitative estimate of drug-likeness (QED) is 0.646. The van der Waals surface area contributed by atoms with Crippen molar-refractivity contribution in [2.45, 2.75) is 6.42 Å². The fourth-order valence-electron chi connectivity index (χ4n) is 2.28. The molecule has 1 aromatic heterocycles. The van der Waals surface area contributed by atoms with Crippen molar-refractivity contribution in [3.63, 3.8) is 0 Å². The fraction of sp³-hybridized carbons (Fsp3) is 0.278. The van der Waals surface area contributed by atoms with Gasteiger partial charge in [0.05, 0.1) is 32.7 Å². The van der Waals surface area contributed by atoms with E-state index in [4.69, 9.17) is 10.00 Å². The molecule has 8 heteroatoms. The number of anilines is 2. The summed E-state index contributed by atoms with van der Waals surface area (Å²) in [6.45, 7) is 0.748. The SMILES string of the molecule is COc1cccc(NC(=O)C[NH+](C)CCC(=O)Nc2sccc2C#N)c1. The van der Waals surface area contributed by atoms with E-state index in [1.54, 1.807) is 42.8 Å². The Bertz CT molecular complexity index is 813. The maximum atomic E-state index is 12.1. The van der Waals surface area contributed by atoms with Crippen molar-refractivity contribution in [2.75, 3.05) is 37.9 Å². The minimum atomic E-state index is -0.170. The van der Waals surface area contributed by atoms with E-state index in [0.29, 0.717) is 28.5 Å². The smallest absolute Gasteiger partial charge is 0.279 e. The third-order valence-corrected chi connectivity index (χ3v) is 4.46. The van der Waals surface area contributed by atoms with Gasteiger partial charge in [-0.25, -0.2) is 0 Å². The molecule has 0 saturated heterocycles. The lowest BCUT2D eigenvalue weighted by Gasteiger charge is -2.14. The summed E-state index contributed by atoms with van der Waals surface area (Å²) in [5, 5.41) is 16.8. The van der Waals surface area contributed by atoms with E-state index in [1.165, 1.54) is 11.3 Å². The molecule has 7 nitrogen and oxygen atoms in total. The van der Waals surface area contributed by atoms with E-state index in [2.05, 4.69) is 10.6 Å². The number of ether oxygens (including phenoxy) is 1. The summed E-state index contributed by atoms with van der Waals surface area (Å²) < 4.78 is 5.12. The van der Waals surface area contributed by atoms with Crippen molar-refractivity contribution in [2.24, 2.45) is 0 Å². The molecule has 2 aromatic rings. The largest absolute Gasteiger partial charge is 0.497 e. The van der Waals surface area contributed by atoms with Gasteiger partial charge in [-0.15, -0.1) is 11.3 Å². The van der Waals surface area contributed by atoms with Crippen LogP contribution < -0.4 is 20.3 Å². The molecular weight excluding hydrogens is 352 g/mol. The van der Waals surface area contributed by atoms with Crippen LogP contribution in [0.4, 0.5) is 10.7 Å². The van der Waals surface area contributed by atoms with Crippen LogP contribution in [0.5, 0.6) is 5.75 Å². The summed E-state index contributed by atoms with van der Waals surface area (Å²) in [4.78, 5) is 25.0. The zero-order valence-corrected chi connectivity index (χ0v) is 15.5. The minimum absolute atomic E-state index is 0.138. The fourth-order valence-corrected chi connectivity index (χ4v) is 3.03. The standard InChI is InChI=1S/C18H20N4O3S/c1-22(8-6-16(23)21-18-13(11-19)7-9-26-18)12-17(24)20-14-4-3-5-15(10-14)25-2/h3-5,7,9-10H,6,8,12H2,1-2H3,(H,20,24)(H,21,23)/p+1. The van der Waals surface area contributed by atoms with Crippen LogP contribution in [-0.2, 0) is 9.59 Å². The van der Waals surface area contributed by atoms with Crippen LogP contribution in [-0.4, -0.2) is 39.1 Å². The van der Waals surface area contributed by atoms with Gasteiger partial charge in [0.25, 0.3) is 5.91 Å². The lowest BCUT2D eigenvalue weighted by molar-refractivity contribution is -0.870. The van der Waals surface area contributed by atoms with Gasteiger partial charge < -0.3 is 20.3 Å². The first-order valence-corrected chi connectivity index (χ1v) is 8.92. The number of thiophene rings is 1. The molecule has 0 spiro atoms. The second-order valence-electron chi connectivity index (χ2n) is 5.74. The van der Waals surface area contributed by atoms with Crippen LogP contribution in [0.25, 0.3) is 0 Å². The van der Waals surface area contributed by atoms with Gasteiger partial charge in [0.15, 0.2) is 6.54 Å². The highest BCUT2D eigenvalue weighted by Crippen LogP contribution is 2.22. The summed E-state index contributed by atoms with van der Waals surface area (Å²) in [5.41, 5.74) is 1.13. The Labute approximate surface area is 156 Å². The van der Waals surface area contributed by atoms with Gasteiger partial charge >= 0.3 is 0 Å². The van der Waals surface area contributed by atoms with Gasteiger partial charge in [0, 0.05) is 11.8 Å². The van der Waals surface area contributed by atoms with Crippen LogP contribution in [0.1, 0.15) is 12.0 Å².